The van der Waals surface area contributed by atoms with Crippen LogP contribution in [0, 0.1) is 6.92 Å². The maximum atomic E-state index is 11.0. The molecule has 0 saturated carbocycles. The smallest absolute Gasteiger partial charge is 0.221 e. The fourth-order valence-electron chi connectivity index (χ4n) is 1.41. The summed E-state index contributed by atoms with van der Waals surface area (Å²) in [7, 11) is 1.64. The van der Waals surface area contributed by atoms with Gasteiger partial charge in [-0.3, -0.25) is 4.79 Å². The summed E-state index contributed by atoms with van der Waals surface area (Å²) in [5, 5.41) is 6.57. The topological polar surface area (TPSA) is 41.1 Å². The molecule has 0 heterocycles. The van der Waals surface area contributed by atoms with Crippen LogP contribution in [-0.4, -0.2) is 19.5 Å². The van der Waals surface area contributed by atoms with E-state index in [9.17, 15) is 4.79 Å². The molecule has 0 saturated heterocycles. The molecule has 0 unspecified atom stereocenters. The first-order chi connectivity index (χ1) is 7.63. The first kappa shape index (κ1) is 13.0. The third-order valence-corrected chi connectivity index (χ3v) is 2.66. The molecule has 0 spiro atoms. The number of rotatable bonds is 5. The molecule has 0 fully saturated rings. The second-order valence-electron chi connectivity index (χ2n) is 3.67. The van der Waals surface area contributed by atoms with Crippen molar-refractivity contribution in [3.05, 3.63) is 34.3 Å². The van der Waals surface area contributed by atoms with E-state index in [2.05, 4.69) is 10.6 Å². The van der Waals surface area contributed by atoms with E-state index < -0.39 is 0 Å². The maximum Gasteiger partial charge on any atom is 0.221 e. The van der Waals surface area contributed by atoms with Crippen molar-refractivity contribution in [2.75, 3.05) is 13.6 Å². The first-order valence-electron chi connectivity index (χ1n) is 5.30. The maximum absolute atomic E-state index is 11.0. The Balaban J connectivity index is 2.35. The van der Waals surface area contributed by atoms with Crippen molar-refractivity contribution in [2.24, 2.45) is 0 Å². The van der Waals surface area contributed by atoms with Crippen LogP contribution in [0.4, 0.5) is 0 Å². The Kier molecular flexibility index (Phi) is 5.29. The molecule has 0 aliphatic heterocycles. The van der Waals surface area contributed by atoms with E-state index in [1.165, 1.54) is 11.1 Å². The zero-order valence-electron chi connectivity index (χ0n) is 9.64. The summed E-state index contributed by atoms with van der Waals surface area (Å²) in [6, 6.07) is 5.83. The number of carbonyl (C=O) groups excluding carboxylic acids is 1. The molecule has 1 aromatic carbocycles. The van der Waals surface area contributed by atoms with Crippen LogP contribution in [-0.2, 0) is 11.3 Å². The summed E-state index contributed by atoms with van der Waals surface area (Å²) in [6.45, 7) is 3.48. The van der Waals surface area contributed by atoms with Gasteiger partial charge in [-0.2, -0.15) is 0 Å². The van der Waals surface area contributed by atoms with Gasteiger partial charge in [-0.25, -0.2) is 0 Å². The highest BCUT2D eigenvalue weighted by atomic mass is 35.5. The number of hydrogen-bond donors (Lipinski definition) is 2. The molecule has 1 aromatic rings. The van der Waals surface area contributed by atoms with Gasteiger partial charge < -0.3 is 10.6 Å². The number of aryl methyl sites for hydroxylation is 1. The molecule has 16 heavy (non-hydrogen) atoms. The molecule has 4 heteroatoms. The molecular weight excluding hydrogens is 224 g/mol. The predicted octanol–water partition coefficient (Wildman–Crippen LogP) is 1.87. The SMILES string of the molecule is CNC(=O)CCNCc1ccc(Cl)cc1C. The van der Waals surface area contributed by atoms with Crippen LogP contribution in [0.2, 0.25) is 5.02 Å². The van der Waals surface area contributed by atoms with Crippen LogP contribution >= 0.6 is 11.6 Å². The molecule has 88 valence electrons. The highest BCUT2D eigenvalue weighted by molar-refractivity contribution is 6.30. The summed E-state index contributed by atoms with van der Waals surface area (Å²) in [5.41, 5.74) is 2.38. The molecule has 0 atom stereocenters. The summed E-state index contributed by atoms with van der Waals surface area (Å²) < 4.78 is 0. The summed E-state index contributed by atoms with van der Waals surface area (Å²) in [6.07, 6.45) is 0.503. The van der Waals surface area contributed by atoms with Crippen LogP contribution in [0.1, 0.15) is 17.5 Å². The average Bonchev–Trinajstić information content (AvgIpc) is 2.26. The Hall–Kier alpha value is -1.06. The van der Waals surface area contributed by atoms with Gasteiger partial charge in [0.25, 0.3) is 0 Å². The zero-order chi connectivity index (χ0) is 12.0. The molecule has 0 aliphatic rings. The number of benzene rings is 1. The number of carbonyl (C=O) groups is 1. The van der Waals surface area contributed by atoms with Gasteiger partial charge in [-0.1, -0.05) is 17.7 Å². The van der Waals surface area contributed by atoms with Crippen molar-refractivity contribution in [2.45, 2.75) is 19.9 Å². The molecule has 2 N–H and O–H groups in total. The Bertz CT molecular complexity index is 366. The predicted molar refractivity (Wildman–Crippen MR) is 66.6 cm³/mol. The summed E-state index contributed by atoms with van der Waals surface area (Å²) in [5.74, 6) is 0.0559. The Morgan fingerprint density at radius 3 is 2.81 bits per heavy atom. The quantitative estimate of drug-likeness (QED) is 0.772. The highest BCUT2D eigenvalue weighted by Gasteiger charge is 2.00. The van der Waals surface area contributed by atoms with Gasteiger partial charge in [0.2, 0.25) is 5.91 Å². The number of hydrogen-bond acceptors (Lipinski definition) is 2. The molecule has 1 amide bonds. The van der Waals surface area contributed by atoms with E-state index in [1.807, 2.05) is 25.1 Å². The lowest BCUT2D eigenvalue weighted by molar-refractivity contribution is -0.120. The lowest BCUT2D eigenvalue weighted by Crippen LogP contribution is -2.24. The average molecular weight is 241 g/mol. The zero-order valence-corrected chi connectivity index (χ0v) is 10.4. The van der Waals surface area contributed by atoms with Gasteiger partial charge in [0, 0.05) is 31.6 Å². The van der Waals surface area contributed by atoms with Crippen molar-refractivity contribution in [3.8, 4) is 0 Å². The Morgan fingerprint density at radius 2 is 2.19 bits per heavy atom. The van der Waals surface area contributed by atoms with Gasteiger partial charge >= 0.3 is 0 Å². The molecular formula is C12H17ClN2O. The van der Waals surface area contributed by atoms with Crippen LogP contribution < -0.4 is 10.6 Å². The van der Waals surface area contributed by atoms with E-state index in [1.54, 1.807) is 7.05 Å². The fourth-order valence-corrected chi connectivity index (χ4v) is 1.63. The van der Waals surface area contributed by atoms with Gasteiger partial charge in [0.05, 0.1) is 0 Å². The van der Waals surface area contributed by atoms with E-state index in [0.29, 0.717) is 13.0 Å². The first-order valence-corrected chi connectivity index (χ1v) is 5.67. The second kappa shape index (κ2) is 6.51. The van der Waals surface area contributed by atoms with Crippen LogP contribution in [0.15, 0.2) is 18.2 Å². The van der Waals surface area contributed by atoms with E-state index in [4.69, 9.17) is 11.6 Å². The molecule has 0 radical (unpaired) electrons. The Morgan fingerprint density at radius 1 is 1.44 bits per heavy atom. The molecule has 3 nitrogen and oxygen atoms in total. The normalized spacial score (nSPS) is 10.2. The van der Waals surface area contributed by atoms with Gasteiger partial charge in [0.15, 0.2) is 0 Å². The Labute approximate surface area is 101 Å². The summed E-state index contributed by atoms with van der Waals surface area (Å²) >= 11 is 5.87. The van der Waals surface area contributed by atoms with E-state index in [-0.39, 0.29) is 5.91 Å². The van der Waals surface area contributed by atoms with Crippen LogP contribution in [0.5, 0.6) is 0 Å². The van der Waals surface area contributed by atoms with Gasteiger partial charge in [-0.05, 0) is 30.2 Å². The number of amides is 1. The van der Waals surface area contributed by atoms with E-state index in [0.717, 1.165) is 11.6 Å². The molecule has 0 aliphatic carbocycles. The lowest BCUT2D eigenvalue weighted by Gasteiger charge is -2.07. The van der Waals surface area contributed by atoms with Gasteiger partial charge in [-0.15, -0.1) is 0 Å². The lowest BCUT2D eigenvalue weighted by atomic mass is 10.1. The standard InChI is InChI=1S/C12H17ClN2O/c1-9-7-11(13)4-3-10(9)8-15-6-5-12(16)14-2/h3-4,7,15H,5-6,8H2,1-2H3,(H,14,16). The van der Waals surface area contributed by atoms with Crippen molar-refractivity contribution >= 4 is 17.5 Å². The largest absolute Gasteiger partial charge is 0.359 e. The molecule has 1 rings (SSSR count). The fraction of sp³-hybridized carbons (Fsp3) is 0.417. The minimum absolute atomic E-state index is 0.0559. The van der Waals surface area contributed by atoms with Crippen molar-refractivity contribution in [3.63, 3.8) is 0 Å². The van der Waals surface area contributed by atoms with Gasteiger partial charge in [0.1, 0.15) is 0 Å². The third kappa shape index (κ3) is 4.21. The van der Waals surface area contributed by atoms with Crippen LogP contribution in [0.25, 0.3) is 0 Å². The molecule has 0 aromatic heterocycles. The number of nitrogens with one attached hydrogen (secondary N) is 2. The van der Waals surface area contributed by atoms with Crippen molar-refractivity contribution in [1.29, 1.82) is 0 Å². The minimum Gasteiger partial charge on any atom is -0.359 e. The highest BCUT2D eigenvalue weighted by Crippen LogP contribution is 2.14. The van der Waals surface area contributed by atoms with Crippen molar-refractivity contribution in [1.82, 2.24) is 10.6 Å². The third-order valence-electron chi connectivity index (χ3n) is 2.43. The monoisotopic (exact) mass is 240 g/mol. The molecule has 0 bridgehead atoms. The number of halogens is 1. The minimum atomic E-state index is 0.0559. The van der Waals surface area contributed by atoms with E-state index >= 15 is 0 Å². The summed E-state index contributed by atoms with van der Waals surface area (Å²) in [4.78, 5) is 11.0. The second-order valence-corrected chi connectivity index (χ2v) is 4.11. The van der Waals surface area contributed by atoms with Crippen molar-refractivity contribution < 1.29 is 4.79 Å². The van der Waals surface area contributed by atoms with Crippen LogP contribution in [0.3, 0.4) is 0 Å².